The molecule has 1 N–H and O–H groups in total. The molecular weight excluding hydrogens is 230 g/mol. The Kier molecular flexibility index (Phi) is 1.82. The first-order valence-electron chi connectivity index (χ1n) is 3.76. The molecule has 0 saturated heterocycles. The number of nitrogens with one attached hydrogen (secondary N) is 1. The van der Waals surface area contributed by atoms with Crippen molar-refractivity contribution in [1.82, 2.24) is 9.97 Å². The zero-order valence-electron chi connectivity index (χ0n) is 6.93. The Balaban J connectivity index is 2.89. The van der Waals surface area contributed by atoms with Gasteiger partial charge in [-0.3, -0.25) is 0 Å². The molecule has 4 heteroatoms. The zero-order valence-corrected chi connectivity index (χ0v) is 8.51. The second-order valence-corrected chi connectivity index (χ2v) is 3.65. The largest absolute Gasteiger partial charge is 0.345 e. The summed E-state index contributed by atoms with van der Waals surface area (Å²) >= 11 is 3.41. The molecule has 0 fully saturated rings. The summed E-state index contributed by atoms with van der Waals surface area (Å²) < 4.78 is 0.983. The molecule has 0 radical (unpaired) electrons. The van der Waals surface area contributed by atoms with Crippen molar-refractivity contribution in [1.29, 1.82) is 5.26 Å². The first kappa shape index (κ1) is 8.27. The Morgan fingerprint density at radius 3 is 3.08 bits per heavy atom. The van der Waals surface area contributed by atoms with Crippen LogP contribution in [-0.4, -0.2) is 9.97 Å². The third-order valence-corrected chi connectivity index (χ3v) is 2.53. The van der Waals surface area contributed by atoms with Crippen LogP contribution in [0.25, 0.3) is 11.0 Å². The van der Waals surface area contributed by atoms with Gasteiger partial charge in [-0.1, -0.05) is 0 Å². The summed E-state index contributed by atoms with van der Waals surface area (Å²) in [7, 11) is 0. The number of H-pyrrole nitrogens is 1. The number of hydrogen-bond acceptors (Lipinski definition) is 2. The van der Waals surface area contributed by atoms with E-state index in [1.54, 1.807) is 6.07 Å². The molecule has 2 rings (SSSR count). The van der Waals surface area contributed by atoms with Crippen molar-refractivity contribution in [3.63, 3.8) is 0 Å². The van der Waals surface area contributed by atoms with E-state index in [0.29, 0.717) is 5.69 Å². The summed E-state index contributed by atoms with van der Waals surface area (Å²) in [6.45, 7) is 1.96. The molecule has 0 aliphatic rings. The predicted molar refractivity (Wildman–Crippen MR) is 53.2 cm³/mol. The third-order valence-electron chi connectivity index (χ3n) is 1.91. The van der Waals surface area contributed by atoms with E-state index in [-0.39, 0.29) is 0 Å². The average Bonchev–Trinajstić information content (AvgIpc) is 2.48. The summed E-state index contributed by atoms with van der Waals surface area (Å²) in [4.78, 5) is 7.12. The van der Waals surface area contributed by atoms with Crippen molar-refractivity contribution >= 4 is 27.0 Å². The van der Waals surface area contributed by atoms with Gasteiger partial charge < -0.3 is 4.98 Å². The highest BCUT2D eigenvalue weighted by atomic mass is 79.9. The first-order valence-corrected chi connectivity index (χ1v) is 4.56. The fourth-order valence-corrected chi connectivity index (χ4v) is 1.95. The van der Waals surface area contributed by atoms with Gasteiger partial charge in [-0.25, -0.2) is 4.98 Å². The zero-order chi connectivity index (χ0) is 9.42. The van der Waals surface area contributed by atoms with Gasteiger partial charge >= 0.3 is 0 Å². The highest BCUT2D eigenvalue weighted by Gasteiger charge is 2.06. The molecule has 0 unspecified atom stereocenters. The van der Waals surface area contributed by atoms with E-state index in [9.17, 15) is 0 Å². The maximum Gasteiger partial charge on any atom is 0.143 e. The molecule has 0 saturated carbocycles. The van der Waals surface area contributed by atoms with Gasteiger partial charge in [0.1, 0.15) is 17.4 Å². The number of fused-ring (bicyclic) bond motifs is 1. The van der Waals surface area contributed by atoms with E-state index in [2.05, 4.69) is 25.9 Å². The van der Waals surface area contributed by atoms with Crippen molar-refractivity contribution in [2.24, 2.45) is 0 Å². The van der Waals surface area contributed by atoms with Crippen LogP contribution in [0.3, 0.4) is 0 Å². The molecule has 0 spiro atoms. The van der Waals surface area contributed by atoms with Gasteiger partial charge in [0.25, 0.3) is 0 Å². The quantitative estimate of drug-likeness (QED) is 0.763. The summed E-state index contributed by atoms with van der Waals surface area (Å²) in [5, 5.41) is 9.73. The summed E-state index contributed by atoms with van der Waals surface area (Å²) in [6.07, 6.45) is 1.83. The van der Waals surface area contributed by atoms with Crippen molar-refractivity contribution in [2.45, 2.75) is 6.92 Å². The summed E-state index contributed by atoms with van der Waals surface area (Å²) in [5.74, 6) is 0. The topological polar surface area (TPSA) is 52.5 Å². The van der Waals surface area contributed by atoms with Crippen LogP contribution in [0.1, 0.15) is 11.3 Å². The smallest absolute Gasteiger partial charge is 0.143 e. The molecule has 0 atom stereocenters. The number of nitrogens with zero attached hydrogens (tertiary/aromatic N) is 2. The lowest BCUT2D eigenvalue weighted by Crippen LogP contribution is -1.86. The van der Waals surface area contributed by atoms with Crippen molar-refractivity contribution in [3.05, 3.63) is 28.0 Å². The predicted octanol–water partition coefficient (Wildman–Crippen LogP) is 2.51. The maximum absolute atomic E-state index is 8.69. The highest BCUT2D eigenvalue weighted by molar-refractivity contribution is 9.10. The molecule has 0 aliphatic heterocycles. The molecule has 0 bridgehead atoms. The molecule has 64 valence electrons. The van der Waals surface area contributed by atoms with Crippen LogP contribution in [0.15, 0.2) is 16.7 Å². The van der Waals surface area contributed by atoms with E-state index < -0.39 is 0 Å². The number of aryl methyl sites for hydroxylation is 1. The first-order chi connectivity index (χ1) is 6.22. The van der Waals surface area contributed by atoms with Gasteiger partial charge in [-0.05, 0) is 34.5 Å². The van der Waals surface area contributed by atoms with Crippen LogP contribution < -0.4 is 0 Å². The SMILES string of the molecule is Cc1cc(C#N)nc2[nH]cc(Br)c12. The number of hydrogen-bond donors (Lipinski definition) is 1. The highest BCUT2D eigenvalue weighted by Crippen LogP contribution is 2.25. The van der Waals surface area contributed by atoms with Gasteiger partial charge in [0.2, 0.25) is 0 Å². The van der Waals surface area contributed by atoms with Crippen LogP contribution in [0.2, 0.25) is 0 Å². The van der Waals surface area contributed by atoms with Crippen LogP contribution in [0.4, 0.5) is 0 Å². The fraction of sp³-hybridized carbons (Fsp3) is 0.111. The Morgan fingerprint density at radius 1 is 1.62 bits per heavy atom. The summed E-state index contributed by atoms with van der Waals surface area (Å²) in [5.41, 5.74) is 2.25. The van der Waals surface area contributed by atoms with Gasteiger partial charge in [-0.15, -0.1) is 0 Å². The molecule has 3 nitrogen and oxygen atoms in total. The van der Waals surface area contributed by atoms with Gasteiger partial charge in [-0.2, -0.15) is 5.26 Å². The van der Waals surface area contributed by atoms with Crippen LogP contribution in [0, 0.1) is 18.3 Å². The number of aromatic amines is 1. The second-order valence-electron chi connectivity index (χ2n) is 2.80. The second kappa shape index (κ2) is 2.86. The van der Waals surface area contributed by atoms with E-state index in [4.69, 9.17) is 5.26 Å². The van der Waals surface area contributed by atoms with Gasteiger partial charge in [0, 0.05) is 16.1 Å². The molecule has 0 amide bonds. The Morgan fingerprint density at radius 2 is 2.38 bits per heavy atom. The molecule has 0 aromatic carbocycles. The van der Waals surface area contributed by atoms with Gasteiger partial charge in [0.15, 0.2) is 0 Å². The molecule has 13 heavy (non-hydrogen) atoms. The van der Waals surface area contributed by atoms with Crippen LogP contribution >= 0.6 is 15.9 Å². The van der Waals surface area contributed by atoms with Crippen LogP contribution in [0.5, 0.6) is 0 Å². The van der Waals surface area contributed by atoms with Crippen molar-refractivity contribution < 1.29 is 0 Å². The third kappa shape index (κ3) is 1.21. The normalized spacial score (nSPS) is 10.2. The monoisotopic (exact) mass is 235 g/mol. The van der Waals surface area contributed by atoms with E-state index in [1.807, 2.05) is 19.2 Å². The lowest BCUT2D eigenvalue weighted by atomic mass is 10.2. The Labute approximate surface area is 83.5 Å². The molecule has 2 aromatic rings. The standard InChI is InChI=1S/C9H6BrN3/c1-5-2-6(3-11)13-9-8(5)7(10)4-12-9/h2,4H,1H3,(H,12,13). The number of nitriles is 1. The lowest BCUT2D eigenvalue weighted by molar-refractivity contribution is 1.26. The van der Waals surface area contributed by atoms with E-state index in [0.717, 1.165) is 21.1 Å². The number of rotatable bonds is 0. The minimum atomic E-state index is 0.444. The van der Waals surface area contributed by atoms with E-state index in [1.165, 1.54) is 0 Å². The molecule has 2 aromatic heterocycles. The van der Waals surface area contributed by atoms with Crippen molar-refractivity contribution in [3.8, 4) is 6.07 Å². The number of halogens is 1. The average molecular weight is 236 g/mol. The molecular formula is C9H6BrN3. The molecule has 0 aliphatic carbocycles. The number of pyridine rings is 1. The lowest BCUT2D eigenvalue weighted by Gasteiger charge is -1.96. The van der Waals surface area contributed by atoms with Gasteiger partial charge in [0.05, 0.1) is 0 Å². The number of aromatic nitrogens is 2. The minimum absolute atomic E-state index is 0.444. The van der Waals surface area contributed by atoms with Crippen molar-refractivity contribution in [2.75, 3.05) is 0 Å². The minimum Gasteiger partial charge on any atom is -0.345 e. The maximum atomic E-state index is 8.69. The van der Waals surface area contributed by atoms with E-state index >= 15 is 0 Å². The molecule has 2 heterocycles. The fourth-order valence-electron chi connectivity index (χ4n) is 1.34. The Hall–Kier alpha value is -1.34. The van der Waals surface area contributed by atoms with Crippen LogP contribution in [-0.2, 0) is 0 Å². The summed E-state index contributed by atoms with van der Waals surface area (Å²) in [6, 6.07) is 3.80. The Bertz CT molecular complexity index is 507.